The molecule has 0 saturated heterocycles. The molecule has 1 aromatic heterocycles. The Balaban J connectivity index is 1.84. The van der Waals surface area contributed by atoms with Crippen molar-refractivity contribution in [2.75, 3.05) is 19.8 Å². The maximum absolute atomic E-state index is 12.8. The van der Waals surface area contributed by atoms with Gasteiger partial charge < -0.3 is 5.32 Å². The molecule has 134 valence electrons. The second kappa shape index (κ2) is 8.41. The number of pyridine rings is 1. The van der Waals surface area contributed by atoms with Gasteiger partial charge >= 0.3 is 0 Å². The number of rotatable bonds is 7. The molecule has 1 aromatic carbocycles. The largest absolute Gasteiger partial charge is 0.351 e. The van der Waals surface area contributed by atoms with Crippen molar-refractivity contribution in [2.24, 2.45) is 0 Å². The molecule has 0 aliphatic rings. The molecule has 25 heavy (non-hydrogen) atoms. The minimum Gasteiger partial charge on any atom is -0.351 e. The first-order valence-corrected chi connectivity index (χ1v) is 9.74. The third-order valence-corrected chi connectivity index (χ3v) is 5.98. The topological polar surface area (TPSA) is 79.4 Å². The van der Waals surface area contributed by atoms with Crippen molar-refractivity contribution in [2.45, 2.75) is 16.5 Å². The Kier molecular flexibility index (Phi) is 6.51. The van der Waals surface area contributed by atoms with Gasteiger partial charge in [0.15, 0.2) is 0 Å². The molecule has 0 spiro atoms. The Bertz CT molecular complexity index is 823. The Morgan fingerprint density at radius 2 is 1.88 bits per heavy atom. The lowest BCUT2D eigenvalue weighted by Gasteiger charge is -2.11. The third-order valence-electron chi connectivity index (χ3n) is 3.24. The number of carbonyl (C=O) groups is 1. The highest BCUT2D eigenvalue weighted by Crippen LogP contribution is 2.18. The zero-order valence-electron chi connectivity index (χ0n) is 13.8. The number of carbonyl (C=O) groups excluding carboxylic acids is 1. The van der Waals surface area contributed by atoms with Crippen molar-refractivity contribution in [3.8, 4) is 0 Å². The molecule has 0 radical (unpaired) electrons. The predicted molar refractivity (Wildman–Crippen MR) is 94.1 cm³/mol. The van der Waals surface area contributed by atoms with Crippen LogP contribution in [0.5, 0.6) is 0 Å². The van der Waals surface area contributed by atoms with Gasteiger partial charge in [0.2, 0.25) is 15.9 Å². The highest BCUT2D eigenvalue weighted by atomic mass is 32.2. The average Bonchev–Trinajstić information content (AvgIpc) is 2.59. The lowest BCUT2D eigenvalue weighted by molar-refractivity contribution is -0.118. The van der Waals surface area contributed by atoms with E-state index in [0.29, 0.717) is 11.6 Å². The van der Waals surface area contributed by atoms with Gasteiger partial charge in [-0.3, -0.25) is 4.79 Å². The van der Waals surface area contributed by atoms with Crippen LogP contribution >= 0.6 is 11.8 Å². The van der Waals surface area contributed by atoms with Crippen LogP contribution in [0.25, 0.3) is 0 Å². The van der Waals surface area contributed by atoms with E-state index in [9.17, 15) is 17.6 Å². The Morgan fingerprint density at radius 3 is 2.44 bits per heavy atom. The lowest BCUT2D eigenvalue weighted by atomic mass is 10.2. The summed E-state index contributed by atoms with van der Waals surface area (Å²) in [6, 6.07) is 8.91. The Morgan fingerprint density at radius 1 is 1.20 bits per heavy atom. The van der Waals surface area contributed by atoms with Crippen molar-refractivity contribution in [3.05, 3.63) is 54.0 Å². The van der Waals surface area contributed by atoms with Gasteiger partial charge in [0.25, 0.3) is 0 Å². The Labute approximate surface area is 150 Å². The van der Waals surface area contributed by atoms with E-state index in [4.69, 9.17) is 0 Å². The predicted octanol–water partition coefficient (Wildman–Crippen LogP) is 1.88. The van der Waals surface area contributed by atoms with Crippen LogP contribution in [0.4, 0.5) is 4.39 Å². The standard InChI is InChI=1S/C16H18FN3O3S2/c1-20(2)25(22,23)14-7-8-16(19-10-14)24-11-15(21)18-9-12-3-5-13(17)6-4-12/h3-8,10H,9,11H2,1-2H3,(H,18,21). The molecule has 2 rings (SSSR count). The van der Waals surface area contributed by atoms with Crippen molar-refractivity contribution >= 4 is 27.7 Å². The van der Waals surface area contributed by atoms with E-state index in [2.05, 4.69) is 10.3 Å². The number of amides is 1. The highest BCUT2D eigenvalue weighted by Gasteiger charge is 2.17. The second-order valence-electron chi connectivity index (χ2n) is 5.31. The van der Waals surface area contributed by atoms with Gasteiger partial charge in [-0.25, -0.2) is 22.1 Å². The zero-order chi connectivity index (χ0) is 18.4. The molecular weight excluding hydrogens is 365 g/mol. The first-order chi connectivity index (χ1) is 11.8. The van der Waals surface area contributed by atoms with Gasteiger partial charge in [0.1, 0.15) is 10.7 Å². The van der Waals surface area contributed by atoms with Crippen LogP contribution in [0, 0.1) is 5.82 Å². The van der Waals surface area contributed by atoms with Crippen LogP contribution in [0.1, 0.15) is 5.56 Å². The van der Waals surface area contributed by atoms with Crippen molar-refractivity contribution < 1.29 is 17.6 Å². The number of benzene rings is 1. The fraction of sp³-hybridized carbons (Fsp3) is 0.250. The van der Waals surface area contributed by atoms with E-state index in [1.165, 1.54) is 50.3 Å². The van der Waals surface area contributed by atoms with Crippen LogP contribution in [0.2, 0.25) is 0 Å². The van der Waals surface area contributed by atoms with Gasteiger partial charge in [0, 0.05) is 26.8 Å². The average molecular weight is 383 g/mol. The van der Waals surface area contributed by atoms with E-state index in [1.807, 2.05) is 0 Å². The second-order valence-corrected chi connectivity index (χ2v) is 8.46. The summed E-state index contributed by atoms with van der Waals surface area (Å²) in [6.07, 6.45) is 1.27. The highest BCUT2D eigenvalue weighted by molar-refractivity contribution is 7.99. The Hall–Kier alpha value is -1.97. The number of thioether (sulfide) groups is 1. The number of hydrogen-bond donors (Lipinski definition) is 1. The maximum atomic E-state index is 12.8. The van der Waals surface area contributed by atoms with Gasteiger partial charge in [-0.1, -0.05) is 23.9 Å². The minimum absolute atomic E-state index is 0.0996. The molecule has 2 aromatic rings. The number of sulfonamides is 1. The van der Waals surface area contributed by atoms with Crippen LogP contribution in [0.3, 0.4) is 0 Å². The van der Waals surface area contributed by atoms with E-state index in [-0.39, 0.29) is 22.4 Å². The summed E-state index contributed by atoms with van der Waals surface area (Å²) in [7, 11) is -0.616. The molecular formula is C16H18FN3O3S2. The molecule has 1 amide bonds. The molecule has 0 unspecified atom stereocenters. The summed E-state index contributed by atoms with van der Waals surface area (Å²) >= 11 is 1.20. The van der Waals surface area contributed by atoms with Crippen LogP contribution in [-0.4, -0.2) is 43.5 Å². The number of aromatic nitrogens is 1. The molecule has 0 atom stereocenters. The summed E-state index contributed by atoms with van der Waals surface area (Å²) in [5, 5.41) is 3.28. The SMILES string of the molecule is CN(C)S(=O)(=O)c1ccc(SCC(=O)NCc2ccc(F)cc2)nc1. The third kappa shape index (κ3) is 5.52. The molecule has 0 fully saturated rings. The maximum Gasteiger partial charge on any atom is 0.244 e. The van der Waals surface area contributed by atoms with Gasteiger partial charge in [-0.15, -0.1) is 0 Å². The van der Waals surface area contributed by atoms with Gasteiger partial charge in [-0.05, 0) is 29.8 Å². The summed E-state index contributed by atoms with van der Waals surface area (Å²) in [4.78, 5) is 16.0. The van der Waals surface area contributed by atoms with Crippen LogP contribution in [0.15, 0.2) is 52.5 Å². The number of nitrogens with one attached hydrogen (secondary N) is 1. The van der Waals surface area contributed by atoms with Crippen LogP contribution in [-0.2, 0) is 21.4 Å². The van der Waals surface area contributed by atoms with E-state index >= 15 is 0 Å². The molecule has 1 N–H and O–H groups in total. The smallest absolute Gasteiger partial charge is 0.244 e. The van der Waals surface area contributed by atoms with Crippen molar-refractivity contribution in [1.82, 2.24) is 14.6 Å². The van der Waals surface area contributed by atoms with E-state index in [1.54, 1.807) is 18.2 Å². The number of halogens is 1. The fourth-order valence-corrected chi connectivity index (χ4v) is 3.33. The molecule has 6 nitrogen and oxygen atoms in total. The summed E-state index contributed by atoms with van der Waals surface area (Å²) < 4.78 is 37.8. The van der Waals surface area contributed by atoms with E-state index < -0.39 is 10.0 Å². The molecule has 0 aliphatic heterocycles. The quantitative estimate of drug-likeness (QED) is 0.739. The molecule has 0 saturated carbocycles. The van der Waals surface area contributed by atoms with Crippen molar-refractivity contribution in [3.63, 3.8) is 0 Å². The number of hydrogen-bond acceptors (Lipinski definition) is 5. The first kappa shape index (κ1) is 19.4. The summed E-state index contributed by atoms with van der Waals surface area (Å²) in [6.45, 7) is 0.313. The van der Waals surface area contributed by atoms with Gasteiger partial charge in [-0.2, -0.15) is 0 Å². The fourth-order valence-electron chi connectivity index (χ4n) is 1.81. The molecule has 1 heterocycles. The van der Waals surface area contributed by atoms with Gasteiger partial charge in [0.05, 0.1) is 10.8 Å². The minimum atomic E-state index is -3.51. The first-order valence-electron chi connectivity index (χ1n) is 7.31. The molecule has 0 bridgehead atoms. The zero-order valence-corrected chi connectivity index (χ0v) is 15.4. The summed E-state index contributed by atoms with van der Waals surface area (Å²) in [5.74, 6) is -0.369. The molecule has 0 aliphatic carbocycles. The van der Waals surface area contributed by atoms with Crippen LogP contribution < -0.4 is 5.32 Å². The normalized spacial score (nSPS) is 11.5. The monoisotopic (exact) mass is 383 g/mol. The molecule has 9 heteroatoms. The summed E-state index contributed by atoms with van der Waals surface area (Å²) in [5.41, 5.74) is 0.802. The van der Waals surface area contributed by atoms with Crippen molar-refractivity contribution in [1.29, 1.82) is 0 Å². The van der Waals surface area contributed by atoms with E-state index in [0.717, 1.165) is 9.87 Å². The number of nitrogens with zero attached hydrogens (tertiary/aromatic N) is 2. The lowest BCUT2D eigenvalue weighted by Crippen LogP contribution is -2.24.